The van der Waals surface area contributed by atoms with E-state index < -0.39 is 41.5 Å². The van der Waals surface area contributed by atoms with Crippen molar-refractivity contribution >= 4 is 40.1 Å². The van der Waals surface area contributed by atoms with Crippen LogP contribution in [-0.4, -0.2) is 18.5 Å². The lowest BCUT2D eigenvalue weighted by molar-refractivity contribution is -0.137. The molecule has 1 heterocycles. The van der Waals surface area contributed by atoms with E-state index >= 15 is 0 Å². The van der Waals surface area contributed by atoms with Crippen molar-refractivity contribution in [1.29, 1.82) is 0 Å². The number of fused-ring (bicyclic) bond motifs is 1. The minimum absolute atomic E-state index is 0.123. The van der Waals surface area contributed by atoms with E-state index in [1.165, 1.54) is 24.3 Å². The van der Waals surface area contributed by atoms with Gasteiger partial charge in [-0.2, -0.15) is 13.2 Å². The number of carbonyl (C=O) groups excluding carboxylic acids is 2. The zero-order chi connectivity index (χ0) is 27.4. The molecule has 3 aromatic carbocycles. The van der Waals surface area contributed by atoms with Crippen LogP contribution in [0.5, 0.6) is 5.75 Å². The van der Waals surface area contributed by atoms with Crippen LogP contribution in [0, 0.1) is 6.92 Å². The molecule has 11 heteroatoms. The van der Waals surface area contributed by atoms with E-state index in [9.17, 15) is 27.6 Å². The van der Waals surface area contributed by atoms with Crippen LogP contribution < -0.4 is 15.7 Å². The zero-order valence-corrected chi connectivity index (χ0v) is 20.5. The molecule has 0 atom stereocenters. The summed E-state index contributed by atoms with van der Waals surface area (Å²) in [5, 5.41) is 2.53. The second-order valence-electron chi connectivity index (χ2n) is 8.18. The summed E-state index contributed by atoms with van der Waals surface area (Å²) in [5.41, 5.74) is -0.165. The van der Waals surface area contributed by atoms with Crippen LogP contribution in [-0.2, 0) is 22.3 Å². The van der Waals surface area contributed by atoms with Gasteiger partial charge in [0, 0.05) is 17.5 Å². The third-order valence-corrected chi connectivity index (χ3v) is 5.75. The van der Waals surface area contributed by atoms with Crippen LogP contribution in [0.1, 0.15) is 27.0 Å². The summed E-state index contributed by atoms with van der Waals surface area (Å²) in [6, 6.07) is 15.8. The first-order chi connectivity index (χ1) is 18.0. The summed E-state index contributed by atoms with van der Waals surface area (Å²) in [4.78, 5) is 36.0. The number of aryl methyl sites for hydroxylation is 1. The van der Waals surface area contributed by atoms with E-state index in [0.717, 1.165) is 23.1 Å². The van der Waals surface area contributed by atoms with Crippen LogP contribution in [0.3, 0.4) is 0 Å². The first-order valence-electron chi connectivity index (χ1n) is 11.1. The monoisotopic (exact) mass is 545 g/mol. The van der Waals surface area contributed by atoms with E-state index in [1.54, 1.807) is 37.3 Å². The topological polar surface area (TPSA) is 94.8 Å². The van der Waals surface area contributed by atoms with Crippen molar-refractivity contribution in [3.05, 3.63) is 104 Å². The molecule has 0 saturated heterocycles. The molecule has 0 saturated carbocycles. The molecule has 4 aromatic rings. The number of hydrogen-bond donors (Lipinski definition) is 1. The van der Waals surface area contributed by atoms with Crippen molar-refractivity contribution in [3.63, 3.8) is 0 Å². The van der Waals surface area contributed by atoms with E-state index in [2.05, 4.69) is 0 Å². The number of hydrogen-bond acceptors (Lipinski definition) is 6. The van der Waals surface area contributed by atoms with Crippen molar-refractivity contribution in [2.75, 3.05) is 11.9 Å². The molecule has 0 aliphatic rings. The van der Waals surface area contributed by atoms with Crippen LogP contribution in [0.15, 0.2) is 75.9 Å². The molecule has 1 N–H and O–H groups in total. The molecule has 0 radical (unpaired) electrons. The van der Waals surface area contributed by atoms with Crippen molar-refractivity contribution in [1.82, 2.24) is 0 Å². The molecule has 0 aliphatic carbocycles. The zero-order valence-electron chi connectivity index (χ0n) is 19.7. The second kappa shape index (κ2) is 11.0. The van der Waals surface area contributed by atoms with Crippen molar-refractivity contribution in [3.8, 4) is 5.75 Å². The highest BCUT2D eigenvalue weighted by Crippen LogP contribution is 2.38. The lowest BCUT2D eigenvalue weighted by Crippen LogP contribution is -2.23. The number of rotatable bonds is 7. The lowest BCUT2D eigenvalue weighted by atomic mass is 10.1. The first-order valence-corrected chi connectivity index (χ1v) is 11.5. The van der Waals surface area contributed by atoms with Gasteiger partial charge in [-0.15, -0.1) is 0 Å². The van der Waals surface area contributed by atoms with E-state index in [-0.39, 0.29) is 17.2 Å². The van der Waals surface area contributed by atoms with Gasteiger partial charge < -0.3 is 19.2 Å². The minimum atomic E-state index is -4.74. The highest BCUT2D eigenvalue weighted by Gasteiger charge is 2.34. The molecule has 0 aliphatic heterocycles. The standard InChI is InChI=1S/C27H19ClF3NO6/c1-15-11-24(34)38-22-12-18(9-10-19(15)22)36-13-16-5-7-17(8-6-16)26(35)37-14-23(33)32-25-20(27(29,30)31)3-2-4-21(25)28/h2-12H,13-14H2,1H3,(H,32,33). The van der Waals surface area contributed by atoms with Gasteiger partial charge in [-0.25, -0.2) is 9.59 Å². The van der Waals surface area contributed by atoms with Gasteiger partial charge in [-0.1, -0.05) is 29.8 Å². The Morgan fingerprint density at radius 2 is 1.76 bits per heavy atom. The predicted molar refractivity (Wildman–Crippen MR) is 133 cm³/mol. The van der Waals surface area contributed by atoms with E-state index in [0.29, 0.717) is 16.9 Å². The summed E-state index contributed by atoms with van der Waals surface area (Å²) < 4.78 is 55.4. The Hall–Kier alpha value is -4.31. The van der Waals surface area contributed by atoms with Gasteiger partial charge in [0.2, 0.25) is 0 Å². The van der Waals surface area contributed by atoms with Crippen LogP contribution >= 0.6 is 11.6 Å². The van der Waals surface area contributed by atoms with E-state index in [4.69, 9.17) is 25.5 Å². The Bertz CT molecular complexity index is 1560. The maximum atomic E-state index is 13.2. The fourth-order valence-electron chi connectivity index (χ4n) is 3.58. The normalized spacial score (nSPS) is 11.3. The summed E-state index contributed by atoms with van der Waals surface area (Å²) in [5.74, 6) is -1.35. The molecule has 1 aromatic heterocycles. The Morgan fingerprint density at radius 3 is 2.47 bits per heavy atom. The Kier molecular flexibility index (Phi) is 7.72. The van der Waals surface area contributed by atoms with Crippen molar-refractivity contribution < 1.29 is 36.7 Å². The average molecular weight is 546 g/mol. The Labute approximate surface area is 218 Å². The summed E-state index contributed by atoms with van der Waals surface area (Å²) >= 11 is 5.81. The number of halogens is 4. The first kappa shape index (κ1) is 26.7. The number of ether oxygens (including phenoxy) is 2. The van der Waals surface area contributed by atoms with Gasteiger partial charge in [-0.05, 0) is 54.4 Å². The quantitative estimate of drug-likeness (QED) is 0.221. The number of para-hydroxylation sites is 1. The van der Waals surface area contributed by atoms with Gasteiger partial charge in [0.1, 0.15) is 17.9 Å². The van der Waals surface area contributed by atoms with Gasteiger partial charge in [0.05, 0.1) is 21.8 Å². The van der Waals surface area contributed by atoms with Gasteiger partial charge in [0.15, 0.2) is 6.61 Å². The fourth-order valence-corrected chi connectivity index (χ4v) is 3.80. The average Bonchev–Trinajstić information content (AvgIpc) is 2.86. The molecule has 7 nitrogen and oxygen atoms in total. The third-order valence-electron chi connectivity index (χ3n) is 5.44. The molecule has 196 valence electrons. The lowest BCUT2D eigenvalue weighted by Gasteiger charge is -2.15. The maximum Gasteiger partial charge on any atom is 0.418 e. The van der Waals surface area contributed by atoms with Gasteiger partial charge in [0.25, 0.3) is 5.91 Å². The van der Waals surface area contributed by atoms with Crippen LogP contribution in [0.2, 0.25) is 5.02 Å². The number of alkyl halides is 3. The molecular weight excluding hydrogens is 527 g/mol. The van der Waals surface area contributed by atoms with Gasteiger partial charge >= 0.3 is 17.8 Å². The summed E-state index contributed by atoms with van der Waals surface area (Å²) in [6.45, 7) is 1.14. The molecule has 38 heavy (non-hydrogen) atoms. The van der Waals surface area contributed by atoms with Crippen molar-refractivity contribution in [2.45, 2.75) is 19.7 Å². The smallest absolute Gasteiger partial charge is 0.418 e. The molecule has 1 amide bonds. The molecule has 0 bridgehead atoms. The van der Waals surface area contributed by atoms with Gasteiger partial charge in [-0.3, -0.25) is 4.79 Å². The number of anilines is 1. The number of nitrogens with one attached hydrogen (secondary N) is 1. The third kappa shape index (κ3) is 6.33. The van der Waals surface area contributed by atoms with Crippen LogP contribution in [0.25, 0.3) is 11.0 Å². The highest BCUT2D eigenvalue weighted by atomic mass is 35.5. The number of amides is 1. The maximum absolute atomic E-state index is 13.2. The van der Waals surface area contributed by atoms with E-state index in [1.807, 2.05) is 5.32 Å². The number of esters is 1. The number of carbonyl (C=O) groups is 2. The fraction of sp³-hybridized carbons (Fsp3) is 0.148. The SMILES string of the molecule is Cc1cc(=O)oc2cc(OCc3ccc(C(=O)OCC(=O)Nc4c(Cl)cccc4C(F)(F)F)cc3)ccc12. The molecule has 0 unspecified atom stereocenters. The Morgan fingerprint density at radius 1 is 1.03 bits per heavy atom. The Balaban J connectivity index is 1.32. The largest absolute Gasteiger partial charge is 0.489 e. The second-order valence-corrected chi connectivity index (χ2v) is 8.58. The number of benzene rings is 3. The molecule has 0 spiro atoms. The molecule has 0 fully saturated rings. The minimum Gasteiger partial charge on any atom is -0.489 e. The molecular formula is C27H19ClF3NO6. The predicted octanol–water partition coefficient (Wildman–Crippen LogP) is 6.15. The van der Waals surface area contributed by atoms with Crippen LogP contribution in [0.4, 0.5) is 18.9 Å². The van der Waals surface area contributed by atoms with Crippen molar-refractivity contribution in [2.24, 2.45) is 0 Å². The molecule has 4 rings (SSSR count). The highest BCUT2D eigenvalue weighted by molar-refractivity contribution is 6.34. The summed E-state index contributed by atoms with van der Waals surface area (Å²) in [6.07, 6.45) is -4.74. The summed E-state index contributed by atoms with van der Waals surface area (Å²) in [7, 11) is 0.